The topological polar surface area (TPSA) is 50.3 Å². The highest BCUT2D eigenvalue weighted by molar-refractivity contribution is 5.44. The molecule has 0 spiro atoms. The van der Waals surface area contributed by atoms with Crippen LogP contribution in [0.5, 0.6) is 0 Å². The van der Waals surface area contributed by atoms with E-state index in [-0.39, 0.29) is 0 Å². The maximum atomic E-state index is 5.07. The van der Waals surface area contributed by atoms with Crippen molar-refractivity contribution < 1.29 is 4.74 Å². The van der Waals surface area contributed by atoms with E-state index in [2.05, 4.69) is 22.1 Å². The molecule has 0 aromatic carbocycles. The van der Waals surface area contributed by atoms with Gasteiger partial charge in [0, 0.05) is 44.6 Å². The van der Waals surface area contributed by atoms with Crippen molar-refractivity contribution in [2.75, 3.05) is 37.0 Å². The summed E-state index contributed by atoms with van der Waals surface area (Å²) in [4.78, 5) is 11.8. The Hall–Kier alpha value is -1.36. The molecule has 118 valence electrons. The summed E-state index contributed by atoms with van der Waals surface area (Å²) in [5.41, 5.74) is 1.02. The predicted octanol–water partition coefficient (Wildman–Crippen LogP) is 3.00. The van der Waals surface area contributed by atoms with Crippen molar-refractivity contribution in [2.24, 2.45) is 0 Å². The van der Waals surface area contributed by atoms with E-state index in [0.717, 1.165) is 50.0 Å². The molecule has 0 saturated carbocycles. The van der Waals surface area contributed by atoms with Crippen molar-refractivity contribution in [3.05, 3.63) is 11.8 Å². The van der Waals surface area contributed by atoms with E-state index < -0.39 is 0 Å². The van der Waals surface area contributed by atoms with E-state index >= 15 is 0 Å². The molecule has 1 atom stereocenters. The Morgan fingerprint density at radius 3 is 3.00 bits per heavy atom. The molecule has 1 saturated heterocycles. The minimum absolute atomic E-state index is 0.585. The minimum Gasteiger partial charge on any atom is -0.385 e. The molecule has 0 amide bonds. The molecule has 5 heteroatoms. The predicted molar refractivity (Wildman–Crippen MR) is 87.0 cm³/mol. The lowest BCUT2D eigenvalue weighted by Gasteiger charge is -2.35. The summed E-state index contributed by atoms with van der Waals surface area (Å²) >= 11 is 0. The second-order valence-corrected chi connectivity index (χ2v) is 5.72. The molecule has 1 aromatic heterocycles. The van der Waals surface area contributed by atoms with Gasteiger partial charge in [-0.05, 0) is 39.0 Å². The number of aromatic nitrogens is 2. The van der Waals surface area contributed by atoms with Crippen LogP contribution in [0.25, 0.3) is 0 Å². The van der Waals surface area contributed by atoms with E-state index in [9.17, 15) is 0 Å². The monoisotopic (exact) mass is 292 g/mol. The fraction of sp³-hybridized carbons (Fsp3) is 0.750. The molecule has 1 aliphatic rings. The number of methoxy groups -OCH3 is 1. The van der Waals surface area contributed by atoms with Crippen molar-refractivity contribution >= 4 is 11.8 Å². The first-order valence-corrected chi connectivity index (χ1v) is 8.09. The molecule has 21 heavy (non-hydrogen) atoms. The van der Waals surface area contributed by atoms with Gasteiger partial charge in [-0.3, -0.25) is 0 Å². The molecule has 2 heterocycles. The molecular weight excluding hydrogens is 264 g/mol. The van der Waals surface area contributed by atoms with Crippen LogP contribution in [0.1, 0.15) is 44.7 Å². The standard InChI is InChI=1S/C16H28N4O/c1-4-14-8-5-6-10-20(14)16-18-13(2)12-15(19-16)17-9-7-11-21-3/h12,14H,4-11H2,1-3H3,(H,17,18,19). The van der Waals surface area contributed by atoms with Crippen molar-refractivity contribution in [2.45, 2.75) is 52.0 Å². The van der Waals surface area contributed by atoms with Crippen molar-refractivity contribution in [1.82, 2.24) is 9.97 Å². The van der Waals surface area contributed by atoms with Gasteiger partial charge in [0.15, 0.2) is 0 Å². The van der Waals surface area contributed by atoms with Gasteiger partial charge in [-0.2, -0.15) is 4.98 Å². The van der Waals surface area contributed by atoms with Gasteiger partial charge in [0.05, 0.1) is 0 Å². The van der Waals surface area contributed by atoms with Crippen LogP contribution >= 0.6 is 0 Å². The van der Waals surface area contributed by atoms with Gasteiger partial charge in [-0.25, -0.2) is 4.98 Å². The second-order valence-electron chi connectivity index (χ2n) is 5.72. The van der Waals surface area contributed by atoms with Crippen molar-refractivity contribution in [3.63, 3.8) is 0 Å². The zero-order valence-corrected chi connectivity index (χ0v) is 13.6. The average molecular weight is 292 g/mol. The SMILES string of the molecule is CCC1CCCCN1c1nc(C)cc(NCCCOC)n1. The quantitative estimate of drug-likeness (QED) is 0.783. The van der Waals surface area contributed by atoms with Gasteiger partial charge < -0.3 is 15.0 Å². The minimum atomic E-state index is 0.585. The molecule has 2 rings (SSSR count). The Morgan fingerprint density at radius 2 is 2.24 bits per heavy atom. The number of piperidine rings is 1. The molecular formula is C16H28N4O. The molecule has 1 aromatic rings. The summed E-state index contributed by atoms with van der Waals surface area (Å²) in [5, 5.41) is 3.37. The third-order valence-electron chi connectivity index (χ3n) is 4.03. The highest BCUT2D eigenvalue weighted by atomic mass is 16.5. The number of hydrogen-bond donors (Lipinski definition) is 1. The largest absolute Gasteiger partial charge is 0.385 e. The lowest BCUT2D eigenvalue weighted by atomic mass is 10.0. The van der Waals surface area contributed by atoms with Gasteiger partial charge >= 0.3 is 0 Å². The Balaban J connectivity index is 2.06. The fourth-order valence-corrected chi connectivity index (χ4v) is 2.89. The third-order valence-corrected chi connectivity index (χ3v) is 4.03. The number of anilines is 2. The number of rotatable bonds is 7. The van der Waals surface area contributed by atoms with E-state index in [1.165, 1.54) is 19.3 Å². The summed E-state index contributed by atoms with van der Waals surface area (Å²) in [6.45, 7) is 7.01. The highest BCUT2D eigenvalue weighted by Crippen LogP contribution is 2.25. The first-order valence-electron chi connectivity index (χ1n) is 8.09. The van der Waals surface area contributed by atoms with E-state index in [4.69, 9.17) is 9.72 Å². The van der Waals surface area contributed by atoms with E-state index in [0.29, 0.717) is 6.04 Å². The molecule has 0 bridgehead atoms. The number of nitrogens with one attached hydrogen (secondary N) is 1. The number of aryl methyl sites for hydroxylation is 1. The molecule has 1 N–H and O–H groups in total. The smallest absolute Gasteiger partial charge is 0.227 e. The Bertz CT molecular complexity index is 438. The van der Waals surface area contributed by atoms with Crippen LogP contribution < -0.4 is 10.2 Å². The maximum absolute atomic E-state index is 5.07. The van der Waals surface area contributed by atoms with Gasteiger partial charge in [0.25, 0.3) is 0 Å². The summed E-state index contributed by atoms with van der Waals surface area (Å²) in [6, 6.07) is 2.60. The normalized spacial score (nSPS) is 18.8. The van der Waals surface area contributed by atoms with Crippen LogP contribution in [-0.2, 0) is 4.74 Å². The number of ether oxygens (including phenoxy) is 1. The van der Waals surface area contributed by atoms with Crippen molar-refractivity contribution in [3.8, 4) is 0 Å². The van der Waals surface area contributed by atoms with E-state index in [1.54, 1.807) is 7.11 Å². The maximum Gasteiger partial charge on any atom is 0.227 e. The summed E-state index contributed by atoms with van der Waals surface area (Å²) in [6.07, 6.45) is 5.96. The van der Waals surface area contributed by atoms with Crippen LogP contribution in [0, 0.1) is 6.92 Å². The first kappa shape index (κ1) is 16.0. The van der Waals surface area contributed by atoms with Crippen LogP contribution in [-0.4, -0.2) is 42.8 Å². The molecule has 0 radical (unpaired) electrons. The van der Waals surface area contributed by atoms with Crippen LogP contribution in [0.3, 0.4) is 0 Å². The molecule has 1 unspecified atom stereocenters. The molecule has 0 aliphatic carbocycles. The van der Waals surface area contributed by atoms with Crippen LogP contribution in [0.2, 0.25) is 0 Å². The molecule has 5 nitrogen and oxygen atoms in total. The first-order chi connectivity index (χ1) is 10.2. The highest BCUT2D eigenvalue weighted by Gasteiger charge is 2.23. The second kappa shape index (κ2) is 8.17. The lowest BCUT2D eigenvalue weighted by molar-refractivity contribution is 0.198. The zero-order chi connectivity index (χ0) is 15.1. The Kier molecular flexibility index (Phi) is 6.23. The lowest BCUT2D eigenvalue weighted by Crippen LogP contribution is -2.40. The van der Waals surface area contributed by atoms with Gasteiger partial charge in [-0.15, -0.1) is 0 Å². The van der Waals surface area contributed by atoms with Crippen LogP contribution in [0.4, 0.5) is 11.8 Å². The third kappa shape index (κ3) is 4.56. The average Bonchev–Trinajstić information content (AvgIpc) is 2.51. The van der Waals surface area contributed by atoms with Crippen LogP contribution in [0.15, 0.2) is 6.07 Å². The van der Waals surface area contributed by atoms with Gasteiger partial charge in [0.2, 0.25) is 5.95 Å². The molecule has 1 aliphatic heterocycles. The van der Waals surface area contributed by atoms with Crippen molar-refractivity contribution in [1.29, 1.82) is 0 Å². The summed E-state index contributed by atoms with van der Waals surface area (Å²) < 4.78 is 5.07. The summed E-state index contributed by atoms with van der Waals surface area (Å²) in [5.74, 6) is 1.81. The molecule has 1 fully saturated rings. The Morgan fingerprint density at radius 1 is 1.38 bits per heavy atom. The number of nitrogens with zero attached hydrogens (tertiary/aromatic N) is 3. The van der Waals surface area contributed by atoms with Gasteiger partial charge in [0.1, 0.15) is 5.82 Å². The van der Waals surface area contributed by atoms with Gasteiger partial charge in [-0.1, -0.05) is 6.92 Å². The van der Waals surface area contributed by atoms with E-state index in [1.807, 2.05) is 13.0 Å². The zero-order valence-electron chi connectivity index (χ0n) is 13.6. The fourth-order valence-electron chi connectivity index (χ4n) is 2.89. The number of hydrogen-bond acceptors (Lipinski definition) is 5. The Labute approximate surface area is 128 Å². The summed E-state index contributed by atoms with van der Waals surface area (Å²) in [7, 11) is 1.73.